The van der Waals surface area contributed by atoms with Crippen molar-refractivity contribution < 1.29 is 18.8 Å². The van der Waals surface area contributed by atoms with Crippen LogP contribution in [0.15, 0.2) is 35.9 Å². The van der Waals surface area contributed by atoms with Crippen LogP contribution in [0.1, 0.15) is 17.0 Å². The van der Waals surface area contributed by atoms with Crippen LogP contribution in [0.3, 0.4) is 0 Å². The fraction of sp³-hybridized carbons (Fsp3) is 0.211. The minimum Gasteiger partial charge on any atom is -0.315 e. The lowest BCUT2D eigenvalue weighted by Crippen LogP contribution is -2.52. The molecule has 0 atom stereocenters. The van der Waals surface area contributed by atoms with Crippen LogP contribution in [-0.4, -0.2) is 46.3 Å². The molecule has 0 spiro atoms. The number of urea groups is 1. The largest absolute Gasteiger partial charge is 0.333 e. The fourth-order valence-electron chi connectivity index (χ4n) is 3.07. The summed E-state index contributed by atoms with van der Waals surface area (Å²) >= 11 is 0. The molecule has 6 nitrogen and oxygen atoms in total. The molecule has 1 aliphatic rings. The number of carbonyl (C=O) groups is 3. The first-order valence-corrected chi connectivity index (χ1v) is 7.99. The summed E-state index contributed by atoms with van der Waals surface area (Å²) in [5.41, 5.74) is 2.33. The maximum Gasteiger partial charge on any atom is 0.333 e. The Hall–Kier alpha value is -3.22. The number of aryl methyl sites for hydroxylation is 1. The molecule has 0 bridgehead atoms. The number of nitrogens with zero attached hydrogens (tertiary/aromatic N) is 3. The summed E-state index contributed by atoms with van der Waals surface area (Å²) in [5.74, 6) is -1.69. The Bertz CT molecular complexity index is 948. The van der Waals surface area contributed by atoms with E-state index in [9.17, 15) is 18.8 Å². The minimum absolute atomic E-state index is 0.108. The standard InChI is InChI=1S/C19H18FN3O3/c1-11-9-13(12(2)23(11)16-8-6-5-7-15(16)20)10-14-17(24)21(3)19(26)22(4)18(14)25/h5-10H,1-4H3. The van der Waals surface area contributed by atoms with Crippen LogP contribution in [0.4, 0.5) is 9.18 Å². The normalized spacial score (nSPS) is 15.1. The molecule has 134 valence electrons. The molecule has 2 aromatic rings. The van der Waals surface area contributed by atoms with E-state index in [4.69, 9.17) is 0 Å². The molecule has 2 heterocycles. The Labute approximate surface area is 150 Å². The van der Waals surface area contributed by atoms with Crippen LogP contribution in [0.25, 0.3) is 11.8 Å². The quantitative estimate of drug-likeness (QED) is 0.615. The smallest absolute Gasteiger partial charge is 0.315 e. The maximum atomic E-state index is 14.2. The van der Waals surface area contributed by atoms with Gasteiger partial charge in [-0.25, -0.2) is 9.18 Å². The monoisotopic (exact) mass is 355 g/mol. The first-order chi connectivity index (χ1) is 12.2. The molecule has 1 fully saturated rings. The third kappa shape index (κ3) is 2.61. The molecule has 0 unspecified atom stereocenters. The molecule has 1 aromatic carbocycles. The van der Waals surface area contributed by atoms with E-state index in [1.165, 1.54) is 26.2 Å². The lowest BCUT2D eigenvalue weighted by atomic mass is 10.1. The van der Waals surface area contributed by atoms with Gasteiger partial charge >= 0.3 is 6.03 Å². The van der Waals surface area contributed by atoms with Gasteiger partial charge in [-0.1, -0.05) is 12.1 Å². The molecule has 0 saturated carbocycles. The van der Waals surface area contributed by atoms with Crippen molar-refractivity contribution in [1.29, 1.82) is 0 Å². The van der Waals surface area contributed by atoms with Gasteiger partial charge in [-0.15, -0.1) is 0 Å². The van der Waals surface area contributed by atoms with E-state index in [0.717, 1.165) is 15.5 Å². The van der Waals surface area contributed by atoms with Crippen molar-refractivity contribution in [2.75, 3.05) is 14.1 Å². The molecule has 7 heteroatoms. The molecule has 26 heavy (non-hydrogen) atoms. The van der Waals surface area contributed by atoms with Crippen molar-refractivity contribution in [1.82, 2.24) is 14.4 Å². The van der Waals surface area contributed by atoms with E-state index in [0.29, 0.717) is 16.9 Å². The van der Waals surface area contributed by atoms with Gasteiger partial charge in [-0.3, -0.25) is 19.4 Å². The molecule has 1 aromatic heterocycles. The topological polar surface area (TPSA) is 62.6 Å². The van der Waals surface area contributed by atoms with E-state index in [1.807, 2.05) is 6.92 Å². The van der Waals surface area contributed by atoms with Crippen molar-refractivity contribution in [3.63, 3.8) is 0 Å². The lowest BCUT2D eigenvalue weighted by Gasteiger charge is -2.28. The zero-order chi connectivity index (χ0) is 19.2. The molecule has 0 N–H and O–H groups in total. The van der Waals surface area contributed by atoms with Gasteiger partial charge in [0, 0.05) is 25.5 Å². The van der Waals surface area contributed by atoms with Crippen LogP contribution in [0.5, 0.6) is 0 Å². The number of hydrogen-bond donors (Lipinski definition) is 0. The number of hydrogen-bond acceptors (Lipinski definition) is 3. The predicted octanol–water partition coefficient (Wildman–Crippen LogP) is 2.67. The van der Waals surface area contributed by atoms with E-state index in [1.54, 1.807) is 35.8 Å². The molecule has 3 rings (SSSR count). The molecule has 1 saturated heterocycles. The number of likely N-dealkylation sites (N-methyl/N-ethyl adjacent to an activating group) is 2. The molecule has 0 radical (unpaired) electrons. The van der Waals surface area contributed by atoms with E-state index < -0.39 is 17.8 Å². The van der Waals surface area contributed by atoms with Gasteiger partial charge < -0.3 is 4.57 Å². The minimum atomic E-state index is -0.672. The van der Waals surface area contributed by atoms with E-state index >= 15 is 0 Å². The Morgan fingerprint density at radius 1 is 0.962 bits per heavy atom. The van der Waals surface area contributed by atoms with Crippen LogP contribution in [0, 0.1) is 19.7 Å². The number of benzene rings is 1. The Kier molecular flexibility index (Phi) is 4.23. The Morgan fingerprint density at radius 3 is 2.12 bits per heavy atom. The van der Waals surface area contributed by atoms with Gasteiger partial charge in [0.15, 0.2) is 0 Å². The third-order valence-electron chi connectivity index (χ3n) is 4.51. The van der Waals surface area contributed by atoms with Gasteiger partial charge in [0.25, 0.3) is 11.8 Å². The average Bonchev–Trinajstić information content (AvgIpc) is 2.89. The van der Waals surface area contributed by atoms with Crippen LogP contribution < -0.4 is 0 Å². The SMILES string of the molecule is Cc1cc(C=C2C(=O)N(C)C(=O)N(C)C2=O)c(C)n1-c1ccccc1F. The summed E-state index contributed by atoms with van der Waals surface area (Å²) in [6.45, 7) is 3.59. The lowest BCUT2D eigenvalue weighted by molar-refractivity contribution is -0.134. The van der Waals surface area contributed by atoms with Crippen molar-refractivity contribution >= 4 is 23.9 Å². The van der Waals surface area contributed by atoms with Crippen LogP contribution in [-0.2, 0) is 9.59 Å². The second-order valence-electron chi connectivity index (χ2n) is 6.18. The van der Waals surface area contributed by atoms with Crippen LogP contribution in [0.2, 0.25) is 0 Å². The van der Waals surface area contributed by atoms with Gasteiger partial charge in [0.1, 0.15) is 11.4 Å². The second kappa shape index (κ2) is 6.25. The van der Waals surface area contributed by atoms with Crippen LogP contribution >= 0.6 is 0 Å². The number of barbiturate groups is 1. The summed E-state index contributed by atoms with van der Waals surface area (Å²) in [6.07, 6.45) is 1.45. The first kappa shape index (κ1) is 17.6. The third-order valence-corrected chi connectivity index (χ3v) is 4.51. The molecular formula is C19H18FN3O3. The summed E-state index contributed by atoms with van der Waals surface area (Å²) in [5, 5.41) is 0. The number of rotatable bonds is 2. The molecule has 4 amide bonds. The highest BCUT2D eigenvalue weighted by Crippen LogP contribution is 2.26. The number of para-hydroxylation sites is 1. The number of aromatic nitrogens is 1. The highest BCUT2D eigenvalue weighted by Gasteiger charge is 2.38. The fourth-order valence-corrected chi connectivity index (χ4v) is 3.07. The summed E-state index contributed by atoms with van der Waals surface area (Å²) in [7, 11) is 2.65. The number of halogens is 1. The van der Waals surface area contributed by atoms with Gasteiger partial charge in [0.05, 0.1) is 5.69 Å². The van der Waals surface area contributed by atoms with E-state index in [2.05, 4.69) is 0 Å². The average molecular weight is 355 g/mol. The summed E-state index contributed by atoms with van der Waals surface area (Å²) in [4.78, 5) is 38.3. The summed E-state index contributed by atoms with van der Waals surface area (Å²) in [6, 6.07) is 7.47. The van der Waals surface area contributed by atoms with Gasteiger partial charge in [-0.2, -0.15) is 0 Å². The second-order valence-corrected chi connectivity index (χ2v) is 6.18. The van der Waals surface area contributed by atoms with Gasteiger partial charge in [0.2, 0.25) is 0 Å². The van der Waals surface area contributed by atoms with Crippen molar-refractivity contribution in [3.05, 3.63) is 58.7 Å². The molecular weight excluding hydrogens is 337 g/mol. The van der Waals surface area contributed by atoms with Crippen molar-refractivity contribution in [2.24, 2.45) is 0 Å². The first-order valence-electron chi connectivity index (χ1n) is 7.99. The van der Waals surface area contributed by atoms with Crippen molar-refractivity contribution in [2.45, 2.75) is 13.8 Å². The highest BCUT2D eigenvalue weighted by atomic mass is 19.1. The predicted molar refractivity (Wildman–Crippen MR) is 94.1 cm³/mol. The molecule has 1 aliphatic heterocycles. The van der Waals surface area contributed by atoms with Crippen molar-refractivity contribution in [3.8, 4) is 5.69 Å². The Morgan fingerprint density at radius 2 is 1.54 bits per heavy atom. The number of amides is 4. The van der Waals surface area contributed by atoms with E-state index in [-0.39, 0.29) is 11.4 Å². The number of carbonyl (C=O) groups excluding carboxylic acids is 3. The summed E-state index contributed by atoms with van der Waals surface area (Å²) < 4.78 is 15.9. The molecule has 0 aliphatic carbocycles. The highest BCUT2D eigenvalue weighted by molar-refractivity contribution is 6.30. The maximum absolute atomic E-state index is 14.2. The van der Waals surface area contributed by atoms with Gasteiger partial charge in [-0.05, 0) is 43.7 Å². The Balaban J connectivity index is 2.12. The zero-order valence-electron chi connectivity index (χ0n) is 14.9. The number of imide groups is 2. The zero-order valence-corrected chi connectivity index (χ0v) is 14.9.